The van der Waals surface area contributed by atoms with Gasteiger partial charge in [0.2, 0.25) is 0 Å². The van der Waals surface area contributed by atoms with Gasteiger partial charge in [0.15, 0.2) is 0 Å². The lowest BCUT2D eigenvalue weighted by Crippen LogP contribution is -1.97. The first-order valence-electron chi connectivity index (χ1n) is 6.72. The van der Waals surface area contributed by atoms with Gasteiger partial charge >= 0.3 is 0 Å². The summed E-state index contributed by atoms with van der Waals surface area (Å²) in [6.07, 6.45) is 0. The fraction of sp³-hybridized carbons (Fsp3) is 0.294. The highest BCUT2D eigenvalue weighted by atomic mass is 35.5. The molecule has 0 radical (unpaired) electrons. The molecule has 2 aromatic rings. The Kier molecular flexibility index (Phi) is 5.81. The lowest BCUT2D eigenvalue weighted by Gasteiger charge is -2.16. The minimum Gasteiger partial charge on any atom is -0.497 e. The topological polar surface area (TPSA) is 27.7 Å². The van der Waals surface area contributed by atoms with Crippen molar-refractivity contribution in [2.75, 3.05) is 21.3 Å². The largest absolute Gasteiger partial charge is 0.497 e. The molecule has 0 aliphatic heterocycles. The molecule has 0 unspecified atom stereocenters. The molecule has 2 rings (SSSR count). The Hall–Kier alpha value is -1.58. The van der Waals surface area contributed by atoms with E-state index in [-0.39, 0.29) is 0 Å². The molecule has 0 heterocycles. The van der Waals surface area contributed by atoms with Crippen LogP contribution in [0.5, 0.6) is 17.2 Å². The van der Waals surface area contributed by atoms with E-state index in [2.05, 4.69) is 0 Å². The lowest BCUT2D eigenvalue weighted by atomic mass is 9.96. The molecule has 2 aromatic carbocycles. The first kappa shape index (κ1) is 16.8. The van der Waals surface area contributed by atoms with Crippen LogP contribution in [0.3, 0.4) is 0 Å². The summed E-state index contributed by atoms with van der Waals surface area (Å²) in [5.41, 5.74) is 3.71. The molecule has 0 saturated heterocycles. The fourth-order valence-electron chi connectivity index (χ4n) is 2.35. The van der Waals surface area contributed by atoms with Crippen LogP contribution in [0.4, 0.5) is 0 Å². The summed E-state index contributed by atoms with van der Waals surface area (Å²) in [7, 11) is 4.89. The molecule has 5 heteroatoms. The van der Waals surface area contributed by atoms with Crippen LogP contribution in [-0.2, 0) is 11.8 Å². The Bertz CT molecular complexity index is 657. The van der Waals surface area contributed by atoms with Crippen LogP contribution in [-0.4, -0.2) is 21.3 Å². The third-order valence-corrected chi connectivity index (χ3v) is 4.07. The predicted molar refractivity (Wildman–Crippen MR) is 90.6 cm³/mol. The molecule has 118 valence electrons. The van der Waals surface area contributed by atoms with Crippen LogP contribution < -0.4 is 14.2 Å². The van der Waals surface area contributed by atoms with E-state index in [4.69, 9.17) is 37.4 Å². The van der Waals surface area contributed by atoms with Crippen LogP contribution in [0.2, 0.25) is 0 Å². The molecule has 0 bridgehead atoms. The zero-order valence-corrected chi connectivity index (χ0v) is 14.3. The first-order chi connectivity index (χ1) is 10.7. The number of benzene rings is 2. The van der Waals surface area contributed by atoms with E-state index in [9.17, 15) is 0 Å². The number of hydrogen-bond acceptors (Lipinski definition) is 3. The van der Waals surface area contributed by atoms with Gasteiger partial charge in [-0.1, -0.05) is 0 Å². The molecule has 0 aliphatic carbocycles. The van der Waals surface area contributed by atoms with Crippen LogP contribution in [0.1, 0.15) is 11.1 Å². The van der Waals surface area contributed by atoms with Gasteiger partial charge in [-0.05, 0) is 41.5 Å². The van der Waals surface area contributed by atoms with Gasteiger partial charge in [-0.15, -0.1) is 23.2 Å². The van der Waals surface area contributed by atoms with Crippen LogP contribution in [0, 0.1) is 0 Å². The molecule has 3 nitrogen and oxygen atoms in total. The summed E-state index contributed by atoms with van der Waals surface area (Å²) in [4.78, 5) is 0. The SMILES string of the molecule is COc1ccc(OC)c(-c2cc(CCl)c(OC)cc2CCl)c1. The Balaban J connectivity index is 2.70. The first-order valence-corrected chi connectivity index (χ1v) is 7.79. The number of halogens is 2. The minimum atomic E-state index is 0.352. The molecule has 22 heavy (non-hydrogen) atoms. The van der Waals surface area contributed by atoms with Crippen molar-refractivity contribution in [1.29, 1.82) is 0 Å². The molecule has 0 aliphatic rings. The highest BCUT2D eigenvalue weighted by Gasteiger charge is 2.15. The van der Waals surface area contributed by atoms with Crippen molar-refractivity contribution < 1.29 is 14.2 Å². The van der Waals surface area contributed by atoms with E-state index < -0.39 is 0 Å². The predicted octanol–water partition coefficient (Wildman–Crippen LogP) is 4.86. The molecule has 0 amide bonds. The summed E-state index contributed by atoms with van der Waals surface area (Å²) >= 11 is 12.1. The van der Waals surface area contributed by atoms with E-state index in [1.165, 1.54) is 0 Å². The van der Waals surface area contributed by atoms with Gasteiger partial charge in [0.25, 0.3) is 0 Å². The lowest BCUT2D eigenvalue weighted by molar-refractivity contribution is 0.404. The quantitative estimate of drug-likeness (QED) is 0.703. The molecular weight excluding hydrogens is 323 g/mol. The van der Waals surface area contributed by atoms with Crippen molar-refractivity contribution in [3.63, 3.8) is 0 Å². The van der Waals surface area contributed by atoms with Gasteiger partial charge in [0.1, 0.15) is 17.2 Å². The highest BCUT2D eigenvalue weighted by Crippen LogP contribution is 2.39. The zero-order chi connectivity index (χ0) is 16.1. The summed E-state index contributed by atoms with van der Waals surface area (Å²) < 4.78 is 16.1. The van der Waals surface area contributed by atoms with Gasteiger partial charge in [0, 0.05) is 17.0 Å². The molecule has 0 aromatic heterocycles. The Morgan fingerprint density at radius 1 is 0.727 bits per heavy atom. The molecule has 0 spiro atoms. The van der Waals surface area contributed by atoms with Gasteiger partial charge in [0.05, 0.1) is 27.2 Å². The van der Waals surface area contributed by atoms with E-state index in [1.807, 2.05) is 30.3 Å². The zero-order valence-electron chi connectivity index (χ0n) is 12.8. The normalized spacial score (nSPS) is 10.4. The van der Waals surface area contributed by atoms with Gasteiger partial charge in [-0.2, -0.15) is 0 Å². The van der Waals surface area contributed by atoms with Crippen LogP contribution >= 0.6 is 23.2 Å². The molecule has 0 fully saturated rings. The summed E-state index contributed by atoms with van der Waals surface area (Å²) in [5.74, 6) is 2.94. The monoisotopic (exact) mass is 340 g/mol. The number of methoxy groups -OCH3 is 3. The van der Waals surface area contributed by atoms with E-state index >= 15 is 0 Å². The second kappa shape index (κ2) is 7.61. The van der Waals surface area contributed by atoms with E-state index in [0.717, 1.165) is 39.5 Å². The van der Waals surface area contributed by atoms with Crippen molar-refractivity contribution in [2.45, 2.75) is 11.8 Å². The van der Waals surface area contributed by atoms with E-state index in [0.29, 0.717) is 11.8 Å². The third kappa shape index (κ3) is 3.26. The third-order valence-electron chi connectivity index (χ3n) is 3.49. The van der Waals surface area contributed by atoms with Crippen molar-refractivity contribution in [2.24, 2.45) is 0 Å². The maximum absolute atomic E-state index is 6.12. The molecule has 0 saturated carbocycles. The van der Waals surface area contributed by atoms with Crippen LogP contribution in [0.15, 0.2) is 30.3 Å². The maximum Gasteiger partial charge on any atom is 0.126 e. The van der Waals surface area contributed by atoms with Crippen LogP contribution in [0.25, 0.3) is 11.1 Å². The average molecular weight is 341 g/mol. The fourth-order valence-corrected chi connectivity index (χ4v) is 2.78. The Morgan fingerprint density at radius 2 is 1.41 bits per heavy atom. The summed E-state index contributed by atoms with van der Waals surface area (Å²) in [6.45, 7) is 0. The van der Waals surface area contributed by atoms with Crippen molar-refractivity contribution in [1.82, 2.24) is 0 Å². The second-order valence-corrected chi connectivity index (χ2v) is 5.19. The Labute approximate surface area is 140 Å². The van der Waals surface area contributed by atoms with Gasteiger partial charge in [-0.25, -0.2) is 0 Å². The number of ether oxygens (including phenoxy) is 3. The smallest absolute Gasteiger partial charge is 0.126 e. The minimum absolute atomic E-state index is 0.352. The van der Waals surface area contributed by atoms with Gasteiger partial charge < -0.3 is 14.2 Å². The average Bonchev–Trinajstić information content (AvgIpc) is 2.59. The standard InChI is InChI=1S/C17H18Cl2O3/c1-20-13-4-5-16(21-2)15(8-13)14-6-12(10-19)17(22-3)7-11(14)9-18/h4-8H,9-10H2,1-3H3. The number of alkyl halides is 2. The molecule has 0 atom stereocenters. The van der Waals surface area contributed by atoms with Gasteiger partial charge in [-0.3, -0.25) is 0 Å². The maximum atomic E-state index is 6.12. The second-order valence-electron chi connectivity index (χ2n) is 4.65. The molecular formula is C17H18Cl2O3. The summed E-state index contributed by atoms with van der Waals surface area (Å²) in [6, 6.07) is 9.56. The highest BCUT2D eigenvalue weighted by molar-refractivity contribution is 6.18. The van der Waals surface area contributed by atoms with Crippen molar-refractivity contribution >= 4 is 23.2 Å². The Morgan fingerprint density at radius 3 is 1.95 bits per heavy atom. The van der Waals surface area contributed by atoms with Crippen molar-refractivity contribution in [3.05, 3.63) is 41.5 Å². The number of rotatable bonds is 6. The summed E-state index contributed by atoms with van der Waals surface area (Å²) in [5, 5.41) is 0. The van der Waals surface area contributed by atoms with E-state index in [1.54, 1.807) is 21.3 Å². The van der Waals surface area contributed by atoms with Crippen molar-refractivity contribution in [3.8, 4) is 28.4 Å². The number of hydrogen-bond donors (Lipinski definition) is 0. The molecule has 0 N–H and O–H groups in total.